The molecule has 0 heterocycles. The minimum atomic E-state index is -1.89. The van der Waals surface area contributed by atoms with Crippen molar-refractivity contribution in [2.45, 2.75) is 9.96 Å². The monoisotopic (exact) mass is 310 g/mol. The number of hydrogen-bond donors (Lipinski definition) is 2. The molecule has 0 saturated heterocycles. The van der Waals surface area contributed by atoms with Gasteiger partial charge < -0.3 is 10.1 Å². The first kappa shape index (κ1) is 14.9. The Labute approximate surface area is 118 Å². The van der Waals surface area contributed by atoms with Gasteiger partial charge in [0.2, 0.25) is 10.2 Å². The van der Waals surface area contributed by atoms with Gasteiger partial charge in [0.05, 0.1) is 0 Å². The fourth-order valence-electron chi connectivity index (χ4n) is 1.03. The van der Waals surface area contributed by atoms with Crippen LogP contribution in [0.1, 0.15) is 0 Å². The molecule has 2 amide bonds. The molecule has 1 rings (SSSR count). The summed E-state index contributed by atoms with van der Waals surface area (Å²) in [5.41, 5.74) is 0. The number of para-hydroxylation sites is 1. The number of alkyl halides is 3. The second-order valence-electron chi connectivity index (χ2n) is 3.11. The number of amides is 2. The molecule has 1 aromatic rings. The van der Waals surface area contributed by atoms with E-state index < -0.39 is 16.1 Å². The number of nitrogens with one attached hydrogen (secondary N) is 2. The summed E-state index contributed by atoms with van der Waals surface area (Å²) in [7, 11) is 0. The number of benzene rings is 1. The van der Waals surface area contributed by atoms with Gasteiger partial charge in [0.15, 0.2) is 6.17 Å². The highest BCUT2D eigenvalue weighted by Gasteiger charge is 2.34. The van der Waals surface area contributed by atoms with Crippen LogP contribution >= 0.6 is 34.8 Å². The van der Waals surface area contributed by atoms with Gasteiger partial charge in [-0.25, -0.2) is 4.79 Å². The highest BCUT2D eigenvalue weighted by atomic mass is 35.6. The predicted molar refractivity (Wildman–Crippen MR) is 68.9 cm³/mol. The fraction of sp³-hybridized carbons (Fsp3) is 0.200. The Morgan fingerprint density at radius 2 is 1.89 bits per heavy atom. The van der Waals surface area contributed by atoms with E-state index in [1.165, 1.54) is 0 Å². The van der Waals surface area contributed by atoms with Crippen LogP contribution in [0, 0.1) is 0 Å². The van der Waals surface area contributed by atoms with Crippen LogP contribution in [0.15, 0.2) is 30.3 Å². The minimum absolute atomic E-state index is 0.301. The standard InChI is InChI=1S/C10H9Cl3N2O3/c11-10(12,13)8(14-6-16)15-9(17)18-7-4-2-1-3-5-7/h1-6,8H,(H,14,16)(H,15,17). The Kier molecular flexibility index (Phi) is 5.53. The summed E-state index contributed by atoms with van der Waals surface area (Å²) < 4.78 is 3.01. The van der Waals surface area contributed by atoms with Crippen molar-refractivity contribution < 1.29 is 14.3 Å². The molecule has 0 fully saturated rings. The predicted octanol–water partition coefficient (Wildman–Crippen LogP) is 2.22. The zero-order valence-corrected chi connectivity index (χ0v) is 11.2. The molecule has 0 spiro atoms. The average Bonchev–Trinajstić information content (AvgIpc) is 2.28. The summed E-state index contributed by atoms with van der Waals surface area (Å²) in [5, 5.41) is 4.36. The molecule has 0 aliphatic carbocycles. The summed E-state index contributed by atoms with van der Waals surface area (Å²) >= 11 is 16.7. The third-order valence-corrected chi connectivity index (χ3v) is 2.43. The summed E-state index contributed by atoms with van der Waals surface area (Å²) in [6, 6.07) is 8.31. The van der Waals surface area contributed by atoms with Crippen LogP contribution in [-0.4, -0.2) is 22.5 Å². The topological polar surface area (TPSA) is 67.4 Å². The first-order valence-corrected chi connectivity index (χ1v) is 5.86. The van der Waals surface area contributed by atoms with E-state index in [4.69, 9.17) is 39.5 Å². The minimum Gasteiger partial charge on any atom is -0.410 e. The largest absolute Gasteiger partial charge is 0.414 e. The summed E-state index contributed by atoms with van der Waals surface area (Å²) in [6.45, 7) is 0. The molecular weight excluding hydrogens is 302 g/mol. The first-order valence-electron chi connectivity index (χ1n) is 4.73. The van der Waals surface area contributed by atoms with Crippen molar-refractivity contribution in [3.8, 4) is 5.75 Å². The molecule has 0 aliphatic heterocycles. The van der Waals surface area contributed by atoms with Gasteiger partial charge in [-0.05, 0) is 12.1 Å². The van der Waals surface area contributed by atoms with Gasteiger partial charge in [0.25, 0.3) is 0 Å². The molecule has 0 saturated carbocycles. The van der Waals surface area contributed by atoms with Crippen LogP contribution in [-0.2, 0) is 4.79 Å². The molecule has 98 valence electrons. The molecule has 1 unspecified atom stereocenters. The number of hydrogen-bond acceptors (Lipinski definition) is 3. The molecular formula is C10H9Cl3N2O3. The number of rotatable bonds is 4. The van der Waals surface area contributed by atoms with Crippen molar-refractivity contribution in [3.05, 3.63) is 30.3 Å². The fourth-order valence-corrected chi connectivity index (χ4v) is 1.38. The van der Waals surface area contributed by atoms with E-state index in [1.54, 1.807) is 30.3 Å². The summed E-state index contributed by atoms with van der Waals surface area (Å²) in [6.07, 6.45) is -1.75. The maximum atomic E-state index is 11.5. The number of ether oxygens (including phenoxy) is 1. The van der Waals surface area contributed by atoms with Crippen LogP contribution in [0.2, 0.25) is 0 Å². The Morgan fingerprint density at radius 3 is 2.39 bits per heavy atom. The van der Waals surface area contributed by atoms with Gasteiger partial charge >= 0.3 is 6.09 Å². The van der Waals surface area contributed by atoms with Crippen molar-refractivity contribution in [2.24, 2.45) is 0 Å². The molecule has 0 aromatic heterocycles. The van der Waals surface area contributed by atoms with Crippen LogP contribution in [0.25, 0.3) is 0 Å². The third-order valence-electron chi connectivity index (χ3n) is 1.78. The third kappa shape index (κ3) is 5.00. The van der Waals surface area contributed by atoms with E-state index in [1.807, 2.05) is 0 Å². The van der Waals surface area contributed by atoms with Crippen molar-refractivity contribution in [1.82, 2.24) is 10.6 Å². The van der Waals surface area contributed by atoms with Crippen LogP contribution in [0.4, 0.5) is 4.79 Å². The lowest BCUT2D eigenvalue weighted by Crippen LogP contribution is -2.53. The molecule has 0 aliphatic rings. The molecule has 2 N–H and O–H groups in total. The zero-order valence-electron chi connectivity index (χ0n) is 8.90. The van der Waals surface area contributed by atoms with Gasteiger partial charge in [-0.15, -0.1) is 0 Å². The normalized spacial score (nSPS) is 12.4. The van der Waals surface area contributed by atoms with E-state index in [2.05, 4.69) is 10.6 Å². The second-order valence-corrected chi connectivity index (χ2v) is 5.47. The van der Waals surface area contributed by atoms with Crippen LogP contribution in [0.3, 0.4) is 0 Å². The SMILES string of the molecule is O=CNC(NC(=O)Oc1ccccc1)C(Cl)(Cl)Cl. The van der Waals surface area contributed by atoms with Crippen molar-refractivity contribution in [2.75, 3.05) is 0 Å². The lowest BCUT2D eigenvalue weighted by molar-refractivity contribution is -0.110. The zero-order chi connectivity index (χ0) is 13.6. The first-order chi connectivity index (χ1) is 8.43. The maximum Gasteiger partial charge on any atom is 0.414 e. The molecule has 1 atom stereocenters. The van der Waals surface area contributed by atoms with Crippen LogP contribution in [0.5, 0.6) is 5.75 Å². The molecule has 0 bridgehead atoms. The molecule has 0 radical (unpaired) electrons. The van der Waals surface area contributed by atoms with Crippen LogP contribution < -0.4 is 15.4 Å². The Morgan fingerprint density at radius 1 is 1.28 bits per heavy atom. The Hall–Kier alpha value is -1.17. The van der Waals surface area contributed by atoms with Crippen molar-refractivity contribution >= 4 is 47.3 Å². The van der Waals surface area contributed by atoms with Gasteiger partial charge in [0, 0.05) is 0 Å². The van der Waals surface area contributed by atoms with Crippen molar-refractivity contribution in [1.29, 1.82) is 0 Å². The molecule has 8 heteroatoms. The van der Waals surface area contributed by atoms with Gasteiger partial charge in [-0.1, -0.05) is 53.0 Å². The molecule has 18 heavy (non-hydrogen) atoms. The van der Waals surface area contributed by atoms with Gasteiger partial charge in [-0.2, -0.15) is 0 Å². The second kappa shape index (κ2) is 6.68. The van der Waals surface area contributed by atoms with Gasteiger partial charge in [0.1, 0.15) is 5.75 Å². The quantitative estimate of drug-likeness (QED) is 0.509. The lowest BCUT2D eigenvalue weighted by atomic mass is 10.3. The van der Waals surface area contributed by atoms with E-state index >= 15 is 0 Å². The molecule has 5 nitrogen and oxygen atoms in total. The Balaban J connectivity index is 2.59. The average molecular weight is 312 g/mol. The summed E-state index contributed by atoms with van der Waals surface area (Å²) in [4.78, 5) is 21.8. The Bertz CT molecular complexity index is 409. The van der Waals surface area contributed by atoms with E-state index in [0.29, 0.717) is 12.2 Å². The van der Waals surface area contributed by atoms with E-state index in [-0.39, 0.29) is 0 Å². The lowest BCUT2D eigenvalue weighted by Gasteiger charge is -2.24. The molecule has 1 aromatic carbocycles. The number of carbonyl (C=O) groups excluding carboxylic acids is 2. The number of carbonyl (C=O) groups is 2. The maximum absolute atomic E-state index is 11.5. The smallest absolute Gasteiger partial charge is 0.410 e. The highest BCUT2D eigenvalue weighted by molar-refractivity contribution is 6.68. The number of halogens is 3. The van der Waals surface area contributed by atoms with Crippen molar-refractivity contribution in [3.63, 3.8) is 0 Å². The van der Waals surface area contributed by atoms with Gasteiger partial charge in [-0.3, -0.25) is 10.1 Å². The summed E-state index contributed by atoms with van der Waals surface area (Å²) in [5.74, 6) is 0.323. The highest BCUT2D eigenvalue weighted by Crippen LogP contribution is 2.28. The van der Waals surface area contributed by atoms with E-state index in [0.717, 1.165) is 0 Å². The van der Waals surface area contributed by atoms with E-state index in [9.17, 15) is 9.59 Å².